The highest BCUT2D eigenvalue weighted by Crippen LogP contribution is 2.33. The monoisotopic (exact) mass is 464 g/mol. The van der Waals surface area contributed by atoms with Crippen molar-refractivity contribution < 1.29 is 19.5 Å². The van der Waals surface area contributed by atoms with Crippen molar-refractivity contribution >= 4 is 29.7 Å². The van der Waals surface area contributed by atoms with Gasteiger partial charge in [0, 0.05) is 25.0 Å². The number of carbonyl (C=O) groups excluding carboxylic acids is 2. The lowest BCUT2D eigenvalue weighted by molar-refractivity contribution is -0.139. The molecule has 1 unspecified atom stereocenters. The van der Waals surface area contributed by atoms with Crippen LogP contribution in [0.4, 0.5) is 4.79 Å². The van der Waals surface area contributed by atoms with Crippen molar-refractivity contribution in [1.29, 1.82) is 0 Å². The van der Waals surface area contributed by atoms with Gasteiger partial charge in [0.15, 0.2) is 6.17 Å². The maximum absolute atomic E-state index is 12.8. The van der Waals surface area contributed by atoms with Crippen LogP contribution in [0.15, 0.2) is 29.2 Å². The summed E-state index contributed by atoms with van der Waals surface area (Å²) in [6, 6.07) is 7.44. The zero-order valence-corrected chi connectivity index (χ0v) is 20.3. The minimum Gasteiger partial charge on any atom is -0.480 e. The average molecular weight is 465 g/mol. The summed E-state index contributed by atoms with van der Waals surface area (Å²) >= 11 is 1.31. The Labute approximate surface area is 195 Å². The molecule has 9 heteroatoms. The number of rotatable bonds is 13. The van der Waals surface area contributed by atoms with Gasteiger partial charge in [-0.15, -0.1) is 11.8 Å². The van der Waals surface area contributed by atoms with E-state index in [4.69, 9.17) is 0 Å². The van der Waals surface area contributed by atoms with Crippen LogP contribution in [0.2, 0.25) is 0 Å². The quantitative estimate of drug-likeness (QED) is 0.303. The van der Waals surface area contributed by atoms with Crippen LogP contribution < -0.4 is 10.7 Å². The van der Waals surface area contributed by atoms with Crippen LogP contribution in [0, 0.1) is 0 Å². The summed E-state index contributed by atoms with van der Waals surface area (Å²) in [4.78, 5) is 38.8. The topological polar surface area (TPSA) is 102 Å². The van der Waals surface area contributed by atoms with Crippen LogP contribution in [0.5, 0.6) is 0 Å². The fourth-order valence-electron chi connectivity index (χ4n) is 3.41. The lowest BCUT2D eigenvalue weighted by atomic mass is 10.1. The first kappa shape index (κ1) is 26.2. The van der Waals surface area contributed by atoms with E-state index in [0.29, 0.717) is 19.5 Å². The van der Waals surface area contributed by atoms with E-state index in [1.54, 1.807) is 20.9 Å². The predicted molar refractivity (Wildman–Crippen MR) is 126 cm³/mol. The number of unbranched alkanes of at least 4 members (excludes halogenated alkanes) is 4. The number of imide groups is 1. The first-order valence-electron chi connectivity index (χ1n) is 11.3. The zero-order chi connectivity index (χ0) is 23.7. The first-order valence-corrected chi connectivity index (χ1v) is 12.1. The summed E-state index contributed by atoms with van der Waals surface area (Å²) in [6.45, 7) is 6.49. The fourth-order valence-corrected chi connectivity index (χ4v) is 4.44. The molecule has 3 amide bonds. The van der Waals surface area contributed by atoms with Crippen LogP contribution in [0.1, 0.15) is 58.4 Å². The van der Waals surface area contributed by atoms with Crippen molar-refractivity contribution in [2.24, 2.45) is 0 Å². The minimum absolute atomic E-state index is 0.254. The summed E-state index contributed by atoms with van der Waals surface area (Å²) in [7, 11) is 1.62. The molecular formula is C23H36N4O4S. The number of carbonyl (C=O) groups is 3. The lowest BCUT2D eigenvalue weighted by Gasteiger charge is -2.37. The molecule has 1 fully saturated rings. The number of benzene rings is 1. The molecule has 0 spiro atoms. The van der Waals surface area contributed by atoms with Crippen LogP contribution in [-0.4, -0.2) is 64.0 Å². The molecule has 3 N–H and O–H groups in total. The highest BCUT2D eigenvalue weighted by Gasteiger charge is 2.36. The third-order valence-corrected chi connectivity index (χ3v) is 6.56. The summed E-state index contributed by atoms with van der Waals surface area (Å²) in [5.41, 5.74) is 3.96. The SMILES string of the molecule is CCCCCCCN1C(=O)C(NCCc2cccc(SC(C)(C)C(=O)O)c2)NN(C)C1=O. The van der Waals surface area contributed by atoms with Crippen LogP contribution in [0.3, 0.4) is 0 Å². The number of urea groups is 1. The zero-order valence-electron chi connectivity index (χ0n) is 19.5. The van der Waals surface area contributed by atoms with E-state index < -0.39 is 16.9 Å². The fraction of sp³-hybridized carbons (Fsp3) is 0.609. The van der Waals surface area contributed by atoms with Gasteiger partial charge in [-0.25, -0.2) is 10.2 Å². The Bertz CT molecular complexity index is 802. The standard InChI is InChI=1S/C23H36N4O4S/c1-5-6-7-8-9-15-27-20(28)19(25-26(4)22(27)31)24-14-13-17-11-10-12-18(16-17)32-23(2,3)21(29)30/h10-12,16,19,24-25H,5-9,13-15H2,1-4H3,(H,29,30). The number of aliphatic carboxylic acids is 1. The van der Waals surface area contributed by atoms with Crippen LogP contribution in [0.25, 0.3) is 0 Å². The maximum Gasteiger partial charge on any atom is 0.340 e. The summed E-state index contributed by atoms with van der Waals surface area (Å²) in [5.74, 6) is -1.11. The largest absolute Gasteiger partial charge is 0.480 e. The summed E-state index contributed by atoms with van der Waals surface area (Å²) < 4.78 is -0.910. The number of hydrogen-bond acceptors (Lipinski definition) is 6. The molecule has 1 heterocycles. The van der Waals surface area contributed by atoms with E-state index in [1.165, 1.54) is 28.1 Å². The smallest absolute Gasteiger partial charge is 0.340 e. The second kappa shape index (κ2) is 12.2. The van der Waals surface area contributed by atoms with Crippen LogP contribution in [-0.2, 0) is 16.0 Å². The lowest BCUT2D eigenvalue weighted by Crippen LogP contribution is -2.68. The van der Waals surface area contributed by atoms with E-state index in [1.807, 2.05) is 24.3 Å². The molecule has 0 radical (unpaired) electrons. The molecule has 1 saturated heterocycles. The van der Waals surface area contributed by atoms with Gasteiger partial charge in [0.05, 0.1) is 0 Å². The van der Waals surface area contributed by atoms with Gasteiger partial charge in [-0.05, 0) is 44.4 Å². The highest BCUT2D eigenvalue weighted by molar-refractivity contribution is 8.01. The molecule has 32 heavy (non-hydrogen) atoms. The molecule has 1 aromatic rings. The van der Waals surface area contributed by atoms with E-state index in [-0.39, 0.29) is 11.9 Å². The van der Waals surface area contributed by atoms with E-state index in [0.717, 1.165) is 36.1 Å². The van der Waals surface area contributed by atoms with E-state index in [9.17, 15) is 19.5 Å². The number of hydrazine groups is 1. The molecule has 0 saturated carbocycles. The molecule has 2 rings (SSSR count). The molecule has 1 atom stereocenters. The second-order valence-electron chi connectivity index (χ2n) is 8.58. The van der Waals surface area contributed by atoms with Gasteiger partial charge in [0.2, 0.25) is 0 Å². The van der Waals surface area contributed by atoms with Crippen molar-refractivity contribution in [3.63, 3.8) is 0 Å². The molecule has 0 bridgehead atoms. The van der Waals surface area contributed by atoms with Gasteiger partial charge in [-0.1, -0.05) is 44.7 Å². The van der Waals surface area contributed by atoms with Crippen molar-refractivity contribution in [2.45, 2.75) is 75.1 Å². The van der Waals surface area contributed by atoms with E-state index >= 15 is 0 Å². The highest BCUT2D eigenvalue weighted by atomic mass is 32.2. The van der Waals surface area contributed by atoms with Crippen molar-refractivity contribution in [2.75, 3.05) is 20.1 Å². The van der Waals surface area contributed by atoms with Crippen molar-refractivity contribution in [3.05, 3.63) is 29.8 Å². The molecule has 178 valence electrons. The number of amides is 3. The van der Waals surface area contributed by atoms with Gasteiger partial charge in [-0.3, -0.25) is 24.8 Å². The second-order valence-corrected chi connectivity index (χ2v) is 10.3. The Morgan fingerprint density at radius 3 is 2.62 bits per heavy atom. The number of hydrogen-bond donors (Lipinski definition) is 3. The molecule has 1 aliphatic heterocycles. The number of carboxylic acid groups (broad SMARTS) is 1. The molecular weight excluding hydrogens is 428 g/mol. The van der Waals surface area contributed by atoms with Crippen molar-refractivity contribution in [3.8, 4) is 0 Å². The molecule has 1 aliphatic rings. The normalized spacial score (nSPS) is 17.2. The van der Waals surface area contributed by atoms with Crippen LogP contribution >= 0.6 is 11.8 Å². The van der Waals surface area contributed by atoms with Gasteiger partial charge < -0.3 is 5.11 Å². The molecule has 0 aliphatic carbocycles. The number of nitrogens with one attached hydrogen (secondary N) is 2. The van der Waals surface area contributed by atoms with Crippen molar-refractivity contribution in [1.82, 2.24) is 20.7 Å². The Hall–Kier alpha value is -2.10. The Morgan fingerprint density at radius 1 is 1.22 bits per heavy atom. The third kappa shape index (κ3) is 7.50. The molecule has 0 aromatic heterocycles. The maximum atomic E-state index is 12.8. The summed E-state index contributed by atoms with van der Waals surface area (Å²) in [6.07, 6.45) is 5.27. The van der Waals surface area contributed by atoms with Gasteiger partial charge in [0.25, 0.3) is 5.91 Å². The van der Waals surface area contributed by atoms with E-state index in [2.05, 4.69) is 17.7 Å². The van der Waals surface area contributed by atoms with Gasteiger partial charge in [-0.2, -0.15) is 0 Å². The first-order chi connectivity index (χ1) is 15.2. The minimum atomic E-state index is -0.910. The summed E-state index contributed by atoms with van der Waals surface area (Å²) in [5, 5.41) is 13.9. The number of carboxylic acids is 1. The number of nitrogens with zero attached hydrogens (tertiary/aromatic N) is 2. The number of thioether (sulfide) groups is 1. The Morgan fingerprint density at radius 2 is 1.94 bits per heavy atom. The predicted octanol–water partition coefficient (Wildman–Crippen LogP) is 3.47. The Kier molecular flexibility index (Phi) is 9.99. The molecule has 1 aromatic carbocycles. The third-order valence-electron chi connectivity index (χ3n) is 5.39. The van der Waals surface area contributed by atoms with Gasteiger partial charge >= 0.3 is 12.0 Å². The van der Waals surface area contributed by atoms with Gasteiger partial charge in [0.1, 0.15) is 4.75 Å². The Balaban J connectivity index is 1.88. The average Bonchev–Trinajstić information content (AvgIpc) is 2.73. The molecule has 8 nitrogen and oxygen atoms in total.